The van der Waals surface area contributed by atoms with Crippen LogP contribution in [0.3, 0.4) is 0 Å². The molecule has 1 heterocycles. The molecule has 0 spiro atoms. The molecule has 6 nitrogen and oxygen atoms in total. The van der Waals surface area contributed by atoms with Gasteiger partial charge >= 0.3 is 11.9 Å². The maximum absolute atomic E-state index is 12.0. The van der Waals surface area contributed by atoms with Crippen molar-refractivity contribution in [2.24, 2.45) is 0 Å². The highest BCUT2D eigenvalue weighted by Gasteiger charge is 2.23. The van der Waals surface area contributed by atoms with Crippen LogP contribution in [0.25, 0.3) is 0 Å². The Morgan fingerprint density at radius 3 is 2.17 bits per heavy atom. The normalized spacial score (nSPS) is 22.2. The minimum Gasteiger partial charge on any atom is -0.495 e. The highest BCUT2D eigenvalue weighted by Crippen LogP contribution is 2.20. The number of aliphatic hydroxyl groups is 1. The van der Waals surface area contributed by atoms with Gasteiger partial charge in [-0.05, 0) is 26.7 Å². The molecule has 0 aromatic heterocycles. The fraction of sp³-hybridized carbons (Fsp3) is 0.667. The molecular weight excluding hydrogens is 312 g/mol. The highest BCUT2D eigenvalue weighted by molar-refractivity contribution is 5.90. The molecule has 0 bridgehead atoms. The average Bonchev–Trinajstić information content (AvgIpc) is 2.54. The van der Waals surface area contributed by atoms with E-state index in [2.05, 4.69) is 16.4 Å². The van der Waals surface area contributed by atoms with Crippen molar-refractivity contribution in [3.63, 3.8) is 0 Å². The number of carbonyl (C=O) groups is 2. The smallest absolute Gasteiger partial charge is 0.385 e. The Labute approximate surface area is 143 Å². The second-order valence-electron chi connectivity index (χ2n) is 6.14. The number of ether oxygens (including phenoxy) is 1. The molecule has 1 rings (SSSR count). The lowest BCUT2D eigenvalue weighted by atomic mass is 10.0. The van der Waals surface area contributed by atoms with Crippen molar-refractivity contribution in [2.75, 3.05) is 6.61 Å². The second kappa shape index (κ2) is 10.9. The largest absolute Gasteiger partial charge is 0.495 e. The van der Waals surface area contributed by atoms with Crippen LogP contribution in [-0.2, 0) is 24.1 Å². The molecule has 0 saturated carbocycles. The molecule has 0 aromatic rings. The first-order valence-corrected chi connectivity index (χ1v) is 8.53. The van der Waals surface area contributed by atoms with Gasteiger partial charge in [0.1, 0.15) is 11.9 Å². The Kier molecular flexibility index (Phi) is 9.15. The lowest BCUT2D eigenvalue weighted by Crippen LogP contribution is -2.21. The molecule has 0 radical (unpaired) electrons. The zero-order chi connectivity index (χ0) is 17.9. The van der Waals surface area contributed by atoms with Crippen LogP contribution in [0.1, 0.15) is 65.2 Å². The molecule has 1 N–H and O–H groups in total. The van der Waals surface area contributed by atoms with Crippen molar-refractivity contribution in [1.82, 2.24) is 0 Å². The molecule has 1 unspecified atom stereocenters. The highest BCUT2D eigenvalue weighted by atomic mass is 17.2. The van der Waals surface area contributed by atoms with Crippen LogP contribution in [0.15, 0.2) is 23.5 Å². The minimum absolute atomic E-state index is 0.106. The average molecular weight is 340 g/mol. The third-order valence-electron chi connectivity index (χ3n) is 3.90. The van der Waals surface area contributed by atoms with Crippen LogP contribution < -0.4 is 0 Å². The molecule has 0 aromatic carbocycles. The van der Waals surface area contributed by atoms with E-state index in [0.29, 0.717) is 13.0 Å². The lowest BCUT2D eigenvalue weighted by Gasteiger charge is -2.19. The van der Waals surface area contributed by atoms with Gasteiger partial charge in [-0.25, -0.2) is 19.4 Å². The summed E-state index contributed by atoms with van der Waals surface area (Å²) < 4.78 is 5.64. The number of hydrogen-bond donors (Lipinski definition) is 1. The molecule has 24 heavy (non-hydrogen) atoms. The van der Waals surface area contributed by atoms with E-state index in [1.165, 1.54) is 26.7 Å². The summed E-state index contributed by atoms with van der Waals surface area (Å²) in [5.74, 6) is -1.47. The van der Waals surface area contributed by atoms with Gasteiger partial charge in [-0.2, -0.15) is 0 Å². The first kappa shape index (κ1) is 20.2. The van der Waals surface area contributed by atoms with Gasteiger partial charge in [0, 0.05) is 5.57 Å². The SMILES string of the molecule is C=C(C)C(=O)OOC(=O)/C(C)=C1/OCCCCCCCCCC1O. The third kappa shape index (κ3) is 7.17. The first-order valence-electron chi connectivity index (χ1n) is 8.53. The van der Waals surface area contributed by atoms with E-state index in [9.17, 15) is 14.7 Å². The van der Waals surface area contributed by atoms with E-state index in [4.69, 9.17) is 4.74 Å². The maximum atomic E-state index is 12.0. The number of carbonyl (C=O) groups excluding carboxylic acids is 2. The van der Waals surface area contributed by atoms with Crippen molar-refractivity contribution in [3.8, 4) is 0 Å². The van der Waals surface area contributed by atoms with Crippen LogP contribution in [0.5, 0.6) is 0 Å². The Morgan fingerprint density at radius 2 is 1.54 bits per heavy atom. The van der Waals surface area contributed by atoms with Gasteiger partial charge in [-0.1, -0.05) is 45.1 Å². The molecule has 1 fully saturated rings. The number of aliphatic hydroxyl groups excluding tert-OH is 1. The molecule has 136 valence electrons. The predicted molar refractivity (Wildman–Crippen MR) is 88.6 cm³/mol. The molecule has 0 aliphatic carbocycles. The van der Waals surface area contributed by atoms with Crippen LogP contribution in [0, 0.1) is 0 Å². The Bertz CT molecular complexity index is 480. The van der Waals surface area contributed by atoms with Crippen LogP contribution in [0.2, 0.25) is 0 Å². The Balaban J connectivity index is 2.74. The Hall–Kier alpha value is -1.82. The predicted octanol–water partition coefficient (Wildman–Crippen LogP) is 3.35. The molecular formula is C18H28O6. The summed E-state index contributed by atoms with van der Waals surface area (Å²) in [5, 5.41) is 10.3. The number of rotatable bonds is 2. The quantitative estimate of drug-likeness (QED) is 0.471. The minimum atomic E-state index is -0.867. The zero-order valence-electron chi connectivity index (χ0n) is 14.6. The van der Waals surface area contributed by atoms with Crippen LogP contribution >= 0.6 is 0 Å². The first-order chi connectivity index (χ1) is 11.4. The summed E-state index contributed by atoms with van der Waals surface area (Å²) in [6.07, 6.45) is 7.02. The Morgan fingerprint density at radius 1 is 1.00 bits per heavy atom. The van der Waals surface area contributed by atoms with Crippen LogP contribution in [0.4, 0.5) is 0 Å². The van der Waals surface area contributed by atoms with E-state index in [0.717, 1.165) is 32.1 Å². The summed E-state index contributed by atoms with van der Waals surface area (Å²) in [6, 6.07) is 0. The molecule has 6 heteroatoms. The zero-order valence-corrected chi connectivity index (χ0v) is 14.6. The van der Waals surface area contributed by atoms with Crippen molar-refractivity contribution in [1.29, 1.82) is 0 Å². The van der Waals surface area contributed by atoms with E-state index in [-0.39, 0.29) is 16.9 Å². The maximum Gasteiger partial charge on any atom is 0.385 e. The van der Waals surface area contributed by atoms with E-state index in [1.807, 2.05) is 0 Å². The van der Waals surface area contributed by atoms with Crippen molar-refractivity contribution in [3.05, 3.63) is 23.5 Å². The van der Waals surface area contributed by atoms with Crippen molar-refractivity contribution < 1.29 is 29.2 Å². The standard InChI is InChI=1S/C18H28O6/c1-13(2)17(20)23-24-18(21)14(3)16-15(19)11-9-7-5-4-6-8-10-12-22-16/h15,19H,1,4-12H2,2-3H3/b16-14+. The van der Waals surface area contributed by atoms with E-state index in [1.54, 1.807) is 0 Å². The topological polar surface area (TPSA) is 82.1 Å². The number of hydrogen-bond acceptors (Lipinski definition) is 6. The summed E-state index contributed by atoms with van der Waals surface area (Å²) >= 11 is 0. The van der Waals surface area contributed by atoms with Gasteiger partial charge < -0.3 is 9.84 Å². The summed E-state index contributed by atoms with van der Waals surface area (Å²) in [4.78, 5) is 32.2. The summed E-state index contributed by atoms with van der Waals surface area (Å²) in [5.41, 5.74) is 0.226. The van der Waals surface area contributed by atoms with Gasteiger partial charge in [0.2, 0.25) is 0 Å². The van der Waals surface area contributed by atoms with Gasteiger partial charge in [0.05, 0.1) is 12.2 Å². The molecule has 1 aliphatic rings. The second-order valence-corrected chi connectivity index (χ2v) is 6.14. The van der Waals surface area contributed by atoms with Crippen molar-refractivity contribution >= 4 is 11.9 Å². The van der Waals surface area contributed by atoms with Gasteiger partial charge in [-0.3, -0.25) is 0 Å². The molecule has 1 aliphatic heterocycles. The van der Waals surface area contributed by atoms with E-state index < -0.39 is 18.0 Å². The third-order valence-corrected chi connectivity index (χ3v) is 3.90. The molecule has 1 saturated heterocycles. The van der Waals surface area contributed by atoms with Gasteiger partial charge in [0.15, 0.2) is 0 Å². The fourth-order valence-corrected chi connectivity index (χ4v) is 2.40. The summed E-state index contributed by atoms with van der Waals surface area (Å²) in [6.45, 7) is 6.76. The summed E-state index contributed by atoms with van der Waals surface area (Å²) in [7, 11) is 0. The molecule has 1 atom stereocenters. The van der Waals surface area contributed by atoms with Crippen molar-refractivity contribution in [2.45, 2.75) is 71.3 Å². The van der Waals surface area contributed by atoms with Gasteiger partial charge in [-0.15, -0.1) is 0 Å². The lowest BCUT2D eigenvalue weighted by molar-refractivity contribution is -0.252. The molecule has 0 amide bonds. The monoisotopic (exact) mass is 340 g/mol. The van der Waals surface area contributed by atoms with Gasteiger partial charge in [0.25, 0.3) is 0 Å². The van der Waals surface area contributed by atoms with E-state index >= 15 is 0 Å². The van der Waals surface area contributed by atoms with Crippen LogP contribution in [-0.4, -0.2) is 29.8 Å². The fourth-order valence-electron chi connectivity index (χ4n) is 2.40.